The standard InChI is InChI=1S/C14H29NO2S/c1-3-4-5-6-7-9-13(2)15-12-14-10-8-11-18(14,16)17/h13-15H,3-12H2,1-2H3. The van der Waals surface area contributed by atoms with Gasteiger partial charge in [0.25, 0.3) is 0 Å². The van der Waals surface area contributed by atoms with Crippen LogP contribution in [0.25, 0.3) is 0 Å². The van der Waals surface area contributed by atoms with Gasteiger partial charge in [0, 0.05) is 12.6 Å². The summed E-state index contributed by atoms with van der Waals surface area (Å²) < 4.78 is 23.3. The highest BCUT2D eigenvalue weighted by Crippen LogP contribution is 2.19. The van der Waals surface area contributed by atoms with E-state index in [1.807, 2.05) is 0 Å². The molecule has 18 heavy (non-hydrogen) atoms. The molecule has 1 aliphatic rings. The van der Waals surface area contributed by atoms with Crippen LogP contribution in [0.5, 0.6) is 0 Å². The smallest absolute Gasteiger partial charge is 0.154 e. The Labute approximate surface area is 113 Å². The molecule has 0 aromatic rings. The molecule has 1 saturated heterocycles. The topological polar surface area (TPSA) is 46.2 Å². The Balaban J connectivity index is 2.08. The molecule has 1 N–H and O–H groups in total. The van der Waals surface area contributed by atoms with Crippen molar-refractivity contribution in [2.24, 2.45) is 0 Å². The van der Waals surface area contributed by atoms with Gasteiger partial charge in [-0.2, -0.15) is 0 Å². The van der Waals surface area contributed by atoms with Gasteiger partial charge in [-0.25, -0.2) is 8.42 Å². The highest BCUT2D eigenvalue weighted by atomic mass is 32.2. The van der Waals surface area contributed by atoms with Gasteiger partial charge in [0.05, 0.1) is 11.0 Å². The van der Waals surface area contributed by atoms with Crippen molar-refractivity contribution in [3.63, 3.8) is 0 Å². The minimum atomic E-state index is -2.78. The third kappa shape index (κ3) is 5.70. The highest BCUT2D eigenvalue weighted by molar-refractivity contribution is 7.92. The van der Waals surface area contributed by atoms with Crippen molar-refractivity contribution in [2.45, 2.75) is 76.5 Å². The third-order valence-electron chi connectivity index (χ3n) is 3.90. The van der Waals surface area contributed by atoms with E-state index in [1.54, 1.807) is 0 Å². The van der Waals surface area contributed by atoms with Gasteiger partial charge in [0.15, 0.2) is 9.84 Å². The van der Waals surface area contributed by atoms with E-state index in [4.69, 9.17) is 0 Å². The third-order valence-corrected chi connectivity index (χ3v) is 6.17. The lowest BCUT2D eigenvalue weighted by molar-refractivity contribution is 0.472. The molecular formula is C14H29NO2S. The molecule has 2 atom stereocenters. The minimum absolute atomic E-state index is 0.125. The molecule has 3 nitrogen and oxygen atoms in total. The first kappa shape index (κ1) is 16.0. The molecule has 0 spiro atoms. The monoisotopic (exact) mass is 275 g/mol. The summed E-state index contributed by atoms with van der Waals surface area (Å²) in [6, 6.07) is 0.447. The molecule has 0 saturated carbocycles. The summed E-state index contributed by atoms with van der Waals surface area (Å²) in [7, 11) is -2.78. The van der Waals surface area contributed by atoms with E-state index in [2.05, 4.69) is 19.2 Å². The van der Waals surface area contributed by atoms with Crippen LogP contribution in [-0.2, 0) is 9.84 Å². The first-order valence-corrected chi connectivity index (χ1v) is 9.22. The molecule has 0 aromatic heterocycles. The number of sulfone groups is 1. The molecule has 108 valence electrons. The van der Waals surface area contributed by atoms with Gasteiger partial charge < -0.3 is 5.32 Å². The minimum Gasteiger partial charge on any atom is -0.313 e. The Morgan fingerprint density at radius 2 is 1.94 bits per heavy atom. The van der Waals surface area contributed by atoms with E-state index in [-0.39, 0.29) is 5.25 Å². The average molecular weight is 275 g/mol. The zero-order valence-corrected chi connectivity index (χ0v) is 12.8. The fraction of sp³-hybridized carbons (Fsp3) is 1.00. The number of nitrogens with one attached hydrogen (secondary N) is 1. The predicted octanol–water partition coefficient (Wildman–Crippen LogP) is 2.90. The quantitative estimate of drug-likeness (QED) is 0.658. The maximum Gasteiger partial charge on any atom is 0.154 e. The van der Waals surface area contributed by atoms with Crippen molar-refractivity contribution < 1.29 is 8.42 Å². The fourth-order valence-electron chi connectivity index (χ4n) is 2.58. The molecule has 2 unspecified atom stereocenters. The summed E-state index contributed by atoms with van der Waals surface area (Å²) in [5.74, 6) is 0.394. The second kappa shape index (κ2) is 8.16. The summed E-state index contributed by atoms with van der Waals surface area (Å²) in [6.07, 6.45) is 9.37. The lowest BCUT2D eigenvalue weighted by Gasteiger charge is -2.16. The summed E-state index contributed by atoms with van der Waals surface area (Å²) in [4.78, 5) is 0. The lowest BCUT2D eigenvalue weighted by atomic mass is 10.1. The van der Waals surface area contributed by atoms with Crippen molar-refractivity contribution in [1.82, 2.24) is 5.32 Å². The second-order valence-electron chi connectivity index (χ2n) is 5.64. The molecule has 0 radical (unpaired) electrons. The number of hydrogen-bond donors (Lipinski definition) is 1. The SMILES string of the molecule is CCCCCCCC(C)NCC1CCCS1(=O)=O. The number of rotatable bonds is 9. The van der Waals surface area contributed by atoms with Crippen LogP contribution < -0.4 is 5.32 Å². The Kier molecular flexibility index (Phi) is 7.23. The van der Waals surface area contributed by atoms with E-state index in [9.17, 15) is 8.42 Å². The second-order valence-corrected chi connectivity index (χ2v) is 8.04. The van der Waals surface area contributed by atoms with Gasteiger partial charge in [0.1, 0.15) is 0 Å². The van der Waals surface area contributed by atoms with E-state index < -0.39 is 9.84 Å². The summed E-state index contributed by atoms with van der Waals surface area (Å²) >= 11 is 0. The first-order valence-electron chi connectivity index (χ1n) is 7.51. The van der Waals surface area contributed by atoms with Crippen LogP contribution in [0.3, 0.4) is 0 Å². The van der Waals surface area contributed by atoms with Gasteiger partial charge in [0.2, 0.25) is 0 Å². The largest absolute Gasteiger partial charge is 0.313 e. The van der Waals surface area contributed by atoms with Crippen LogP contribution in [0.2, 0.25) is 0 Å². The Morgan fingerprint density at radius 3 is 2.56 bits per heavy atom. The Hall–Kier alpha value is -0.0900. The summed E-state index contributed by atoms with van der Waals surface area (Å²) in [5.41, 5.74) is 0. The van der Waals surface area contributed by atoms with Crippen molar-refractivity contribution in [3.8, 4) is 0 Å². The van der Waals surface area contributed by atoms with Crippen LogP contribution >= 0.6 is 0 Å². The number of hydrogen-bond acceptors (Lipinski definition) is 3. The predicted molar refractivity (Wildman–Crippen MR) is 77.6 cm³/mol. The molecule has 0 bridgehead atoms. The van der Waals surface area contributed by atoms with E-state index in [0.29, 0.717) is 18.3 Å². The van der Waals surface area contributed by atoms with Crippen molar-refractivity contribution in [2.75, 3.05) is 12.3 Å². The molecule has 1 aliphatic heterocycles. The zero-order chi connectivity index (χ0) is 13.4. The fourth-order valence-corrected chi connectivity index (χ4v) is 4.35. The lowest BCUT2D eigenvalue weighted by Crippen LogP contribution is -2.35. The maximum atomic E-state index is 11.7. The van der Waals surface area contributed by atoms with Crippen molar-refractivity contribution >= 4 is 9.84 Å². The summed E-state index contributed by atoms with van der Waals surface area (Å²) in [6.45, 7) is 5.05. The first-order chi connectivity index (χ1) is 8.56. The molecular weight excluding hydrogens is 246 g/mol. The van der Waals surface area contributed by atoms with Crippen LogP contribution in [0, 0.1) is 0 Å². The molecule has 4 heteroatoms. The van der Waals surface area contributed by atoms with E-state index in [1.165, 1.54) is 32.1 Å². The normalized spacial score (nSPS) is 24.2. The maximum absolute atomic E-state index is 11.7. The van der Waals surface area contributed by atoms with Crippen LogP contribution in [0.15, 0.2) is 0 Å². The van der Waals surface area contributed by atoms with E-state index in [0.717, 1.165) is 19.3 Å². The van der Waals surface area contributed by atoms with Crippen molar-refractivity contribution in [1.29, 1.82) is 0 Å². The van der Waals surface area contributed by atoms with Gasteiger partial charge in [-0.3, -0.25) is 0 Å². The molecule has 0 aliphatic carbocycles. The van der Waals surface area contributed by atoms with Gasteiger partial charge in [-0.15, -0.1) is 0 Å². The molecule has 1 rings (SSSR count). The molecule has 0 aromatic carbocycles. The summed E-state index contributed by atoms with van der Waals surface area (Å²) in [5, 5.41) is 3.27. The number of unbranched alkanes of at least 4 members (excludes halogenated alkanes) is 4. The van der Waals surface area contributed by atoms with Gasteiger partial charge in [-0.05, 0) is 26.2 Å². The van der Waals surface area contributed by atoms with Crippen molar-refractivity contribution in [3.05, 3.63) is 0 Å². The molecule has 0 amide bonds. The van der Waals surface area contributed by atoms with Gasteiger partial charge in [-0.1, -0.05) is 39.0 Å². The average Bonchev–Trinajstić information content (AvgIpc) is 2.65. The van der Waals surface area contributed by atoms with Crippen LogP contribution in [0.1, 0.15) is 65.2 Å². The van der Waals surface area contributed by atoms with Crippen LogP contribution in [-0.4, -0.2) is 32.0 Å². The zero-order valence-electron chi connectivity index (χ0n) is 12.0. The van der Waals surface area contributed by atoms with Gasteiger partial charge >= 0.3 is 0 Å². The molecule has 1 heterocycles. The molecule has 1 fully saturated rings. The van der Waals surface area contributed by atoms with E-state index >= 15 is 0 Å². The van der Waals surface area contributed by atoms with Crippen LogP contribution in [0.4, 0.5) is 0 Å². The Morgan fingerprint density at radius 1 is 1.22 bits per heavy atom. The highest BCUT2D eigenvalue weighted by Gasteiger charge is 2.30. The Bertz CT molecular complexity index is 314.